The van der Waals surface area contributed by atoms with Crippen LogP contribution in [0, 0.1) is 10.1 Å². The van der Waals surface area contributed by atoms with Gasteiger partial charge in [-0.05, 0) is 36.2 Å². The topological polar surface area (TPSA) is 113 Å². The molecular formula is C22H19N5O3. The zero-order chi connectivity index (χ0) is 20.9. The van der Waals surface area contributed by atoms with Crippen LogP contribution < -0.4 is 10.6 Å². The minimum atomic E-state index is -0.485. The summed E-state index contributed by atoms with van der Waals surface area (Å²) >= 11 is 0. The number of H-pyrrole nitrogens is 1. The molecule has 0 aliphatic heterocycles. The number of hydrogen-bond donors (Lipinski definition) is 3. The molecule has 0 aliphatic carbocycles. The van der Waals surface area contributed by atoms with Crippen molar-refractivity contribution in [3.8, 4) is 0 Å². The lowest BCUT2D eigenvalue weighted by molar-refractivity contribution is -0.384. The molecular weight excluding hydrogens is 382 g/mol. The van der Waals surface area contributed by atoms with Gasteiger partial charge in [-0.1, -0.05) is 42.5 Å². The molecule has 150 valence electrons. The summed E-state index contributed by atoms with van der Waals surface area (Å²) in [5, 5.41) is 16.4. The molecule has 1 heterocycles. The number of nitro groups is 1. The summed E-state index contributed by atoms with van der Waals surface area (Å²) in [6.07, 6.45) is 0.550. The monoisotopic (exact) mass is 401 g/mol. The van der Waals surface area contributed by atoms with Crippen molar-refractivity contribution in [2.75, 3.05) is 5.32 Å². The van der Waals surface area contributed by atoms with Gasteiger partial charge in [-0.2, -0.15) is 0 Å². The normalized spacial score (nSPS) is 11.7. The minimum absolute atomic E-state index is 0.0369. The summed E-state index contributed by atoms with van der Waals surface area (Å²) in [6, 6.07) is 22.3. The van der Waals surface area contributed by atoms with Gasteiger partial charge >= 0.3 is 6.03 Å². The lowest BCUT2D eigenvalue weighted by Gasteiger charge is -2.17. The average molecular weight is 401 g/mol. The van der Waals surface area contributed by atoms with E-state index >= 15 is 0 Å². The zero-order valence-electron chi connectivity index (χ0n) is 15.9. The molecule has 3 aromatic carbocycles. The molecule has 0 saturated carbocycles. The fourth-order valence-corrected chi connectivity index (χ4v) is 3.20. The number of carbonyl (C=O) groups is 1. The van der Waals surface area contributed by atoms with Gasteiger partial charge in [-0.25, -0.2) is 9.78 Å². The molecule has 0 aliphatic rings. The van der Waals surface area contributed by atoms with Crippen molar-refractivity contribution in [3.05, 3.63) is 100 Å². The first-order valence-corrected chi connectivity index (χ1v) is 9.39. The number of aromatic nitrogens is 2. The Morgan fingerprint density at radius 1 is 1.00 bits per heavy atom. The number of para-hydroxylation sites is 2. The number of nitrogens with one attached hydrogen (secondary N) is 3. The third-order valence-electron chi connectivity index (χ3n) is 4.66. The Bertz CT molecular complexity index is 1140. The van der Waals surface area contributed by atoms with Gasteiger partial charge in [0, 0.05) is 17.8 Å². The number of nitrogens with zero attached hydrogens (tertiary/aromatic N) is 2. The van der Waals surface area contributed by atoms with Crippen LogP contribution in [-0.2, 0) is 6.42 Å². The molecule has 3 N–H and O–H groups in total. The maximum atomic E-state index is 12.6. The van der Waals surface area contributed by atoms with E-state index in [4.69, 9.17) is 0 Å². The summed E-state index contributed by atoms with van der Waals surface area (Å²) < 4.78 is 0. The molecule has 8 nitrogen and oxygen atoms in total. The molecule has 0 bridgehead atoms. The van der Waals surface area contributed by atoms with Gasteiger partial charge < -0.3 is 15.6 Å². The third-order valence-corrected chi connectivity index (χ3v) is 4.66. The molecule has 0 fully saturated rings. The maximum absolute atomic E-state index is 12.6. The molecule has 0 radical (unpaired) electrons. The van der Waals surface area contributed by atoms with Crippen LogP contribution in [0.4, 0.5) is 16.2 Å². The van der Waals surface area contributed by atoms with E-state index in [0.29, 0.717) is 17.9 Å². The van der Waals surface area contributed by atoms with E-state index in [0.717, 1.165) is 16.6 Å². The minimum Gasteiger partial charge on any atom is -0.340 e. The first-order chi connectivity index (χ1) is 14.6. The fraction of sp³-hybridized carbons (Fsp3) is 0.0909. The Labute approximate surface area is 172 Å². The SMILES string of the molecule is O=C(Nc1ccc([N+](=O)[O-])cc1)NC(Cc1ccccc1)c1nc2ccccc2[nH]1. The summed E-state index contributed by atoms with van der Waals surface area (Å²) in [7, 11) is 0. The van der Waals surface area contributed by atoms with Crippen LogP contribution in [0.25, 0.3) is 11.0 Å². The fourth-order valence-electron chi connectivity index (χ4n) is 3.20. The predicted molar refractivity (Wildman–Crippen MR) is 114 cm³/mol. The largest absolute Gasteiger partial charge is 0.340 e. The number of carbonyl (C=O) groups excluding carboxylic acids is 1. The maximum Gasteiger partial charge on any atom is 0.319 e. The highest BCUT2D eigenvalue weighted by molar-refractivity contribution is 5.89. The highest BCUT2D eigenvalue weighted by Gasteiger charge is 2.19. The summed E-state index contributed by atoms with van der Waals surface area (Å²) in [6.45, 7) is 0. The third kappa shape index (κ3) is 4.44. The van der Waals surface area contributed by atoms with Gasteiger partial charge in [0.05, 0.1) is 22.0 Å². The lowest BCUT2D eigenvalue weighted by atomic mass is 10.1. The quantitative estimate of drug-likeness (QED) is 0.324. The Balaban J connectivity index is 1.54. The van der Waals surface area contributed by atoms with Crippen molar-refractivity contribution in [2.45, 2.75) is 12.5 Å². The van der Waals surface area contributed by atoms with Gasteiger partial charge in [0.1, 0.15) is 5.82 Å². The van der Waals surface area contributed by atoms with E-state index in [1.54, 1.807) is 0 Å². The summed E-state index contributed by atoms with van der Waals surface area (Å²) in [4.78, 5) is 30.8. The second-order valence-corrected chi connectivity index (χ2v) is 6.78. The molecule has 8 heteroatoms. The summed E-state index contributed by atoms with van der Waals surface area (Å²) in [5.41, 5.74) is 3.19. The predicted octanol–water partition coefficient (Wildman–Crippen LogP) is 4.58. The van der Waals surface area contributed by atoms with Gasteiger partial charge in [0.2, 0.25) is 0 Å². The number of rotatable bonds is 6. The first-order valence-electron chi connectivity index (χ1n) is 9.39. The smallest absolute Gasteiger partial charge is 0.319 e. The van der Waals surface area contributed by atoms with Crippen LogP contribution in [0.15, 0.2) is 78.9 Å². The van der Waals surface area contributed by atoms with Crippen molar-refractivity contribution in [2.24, 2.45) is 0 Å². The number of benzene rings is 3. The van der Waals surface area contributed by atoms with Crippen LogP contribution in [-0.4, -0.2) is 20.9 Å². The number of hydrogen-bond acceptors (Lipinski definition) is 4. The van der Waals surface area contributed by atoms with Gasteiger partial charge in [-0.15, -0.1) is 0 Å². The Morgan fingerprint density at radius 2 is 1.70 bits per heavy atom. The van der Waals surface area contributed by atoms with Crippen molar-refractivity contribution in [1.29, 1.82) is 0 Å². The molecule has 1 aromatic heterocycles. The van der Waals surface area contributed by atoms with Crippen molar-refractivity contribution in [1.82, 2.24) is 15.3 Å². The van der Waals surface area contributed by atoms with Crippen LogP contribution in [0.3, 0.4) is 0 Å². The van der Waals surface area contributed by atoms with E-state index in [1.165, 1.54) is 24.3 Å². The standard InChI is InChI=1S/C22H19N5O3/c28-22(23-16-10-12-17(13-11-16)27(29)30)26-20(14-15-6-2-1-3-7-15)21-24-18-8-4-5-9-19(18)25-21/h1-13,20H,14H2,(H,24,25)(H2,23,26,28). The van der Waals surface area contributed by atoms with Gasteiger partial charge in [0.15, 0.2) is 0 Å². The number of aromatic amines is 1. The lowest BCUT2D eigenvalue weighted by Crippen LogP contribution is -2.34. The van der Waals surface area contributed by atoms with Crippen LogP contribution in [0.1, 0.15) is 17.4 Å². The van der Waals surface area contributed by atoms with E-state index in [1.807, 2.05) is 54.6 Å². The van der Waals surface area contributed by atoms with Crippen LogP contribution in [0.2, 0.25) is 0 Å². The second kappa shape index (κ2) is 8.44. The number of fused-ring (bicyclic) bond motifs is 1. The van der Waals surface area contributed by atoms with Crippen molar-refractivity contribution in [3.63, 3.8) is 0 Å². The van der Waals surface area contributed by atoms with Crippen molar-refractivity contribution < 1.29 is 9.72 Å². The number of nitro benzene ring substituents is 1. The van der Waals surface area contributed by atoms with Crippen LogP contribution in [0.5, 0.6) is 0 Å². The van der Waals surface area contributed by atoms with Gasteiger partial charge in [0.25, 0.3) is 5.69 Å². The van der Waals surface area contributed by atoms with Crippen molar-refractivity contribution >= 4 is 28.4 Å². The molecule has 1 unspecified atom stereocenters. The Kier molecular flexibility index (Phi) is 5.38. The number of urea groups is 1. The average Bonchev–Trinajstić information content (AvgIpc) is 3.19. The molecule has 4 aromatic rings. The zero-order valence-corrected chi connectivity index (χ0v) is 15.9. The van der Waals surface area contributed by atoms with Crippen LogP contribution >= 0.6 is 0 Å². The second-order valence-electron chi connectivity index (χ2n) is 6.78. The molecule has 2 amide bonds. The van der Waals surface area contributed by atoms with Gasteiger partial charge in [-0.3, -0.25) is 10.1 Å². The molecule has 1 atom stereocenters. The Morgan fingerprint density at radius 3 is 2.40 bits per heavy atom. The molecule has 0 spiro atoms. The number of non-ortho nitro benzene ring substituents is 1. The number of anilines is 1. The van der Waals surface area contributed by atoms with E-state index < -0.39 is 17.0 Å². The Hall–Kier alpha value is -4.20. The van der Waals surface area contributed by atoms with E-state index in [-0.39, 0.29) is 5.69 Å². The number of imidazole rings is 1. The molecule has 4 rings (SSSR count). The molecule has 0 saturated heterocycles. The highest BCUT2D eigenvalue weighted by Crippen LogP contribution is 2.21. The number of amides is 2. The van der Waals surface area contributed by atoms with E-state index in [9.17, 15) is 14.9 Å². The highest BCUT2D eigenvalue weighted by atomic mass is 16.6. The van der Waals surface area contributed by atoms with E-state index in [2.05, 4.69) is 20.6 Å². The first kappa shape index (κ1) is 19.1. The molecule has 30 heavy (non-hydrogen) atoms. The summed E-state index contributed by atoms with van der Waals surface area (Å²) in [5.74, 6) is 0.652.